The Hall–Kier alpha value is -1.67. The quantitative estimate of drug-likeness (QED) is 0.315. The maximum absolute atomic E-state index is 12.6. The second kappa shape index (κ2) is 11.1. The second-order valence-electron chi connectivity index (χ2n) is 7.42. The molecule has 10 nitrogen and oxygen atoms in total. The van der Waals surface area contributed by atoms with Crippen molar-refractivity contribution in [3.05, 3.63) is 36.2 Å². The maximum atomic E-state index is 12.6. The number of imidazole rings is 1. The molecule has 0 saturated carbocycles. The van der Waals surface area contributed by atoms with Gasteiger partial charge >= 0.3 is 0 Å². The molecule has 1 saturated heterocycles. The third-order valence-electron chi connectivity index (χ3n) is 4.73. The normalized spacial score (nSPS) is 16.0. The van der Waals surface area contributed by atoms with Crippen LogP contribution in [0.4, 0.5) is 0 Å². The zero-order chi connectivity index (χ0) is 20.9. The first-order valence-corrected chi connectivity index (χ1v) is 11.3. The van der Waals surface area contributed by atoms with Crippen molar-refractivity contribution in [1.29, 1.82) is 0 Å². The Kier molecular flexibility index (Phi) is 9.09. The highest BCUT2D eigenvalue weighted by Crippen LogP contribution is 2.13. The maximum Gasteiger partial charge on any atom is 0.220 e. The van der Waals surface area contributed by atoms with Gasteiger partial charge in [-0.15, -0.1) is 24.0 Å². The summed E-state index contributed by atoms with van der Waals surface area (Å²) in [6.07, 6.45) is 5.17. The fourth-order valence-electron chi connectivity index (χ4n) is 3.33. The van der Waals surface area contributed by atoms with Gasteiger partial charge in [-0.25, -0.2) is 13.4 Å². The lowest BCUT2D eigenvalue weighted by Crippen LogP contribution is -2.53. The van der Waals surface area contributed by atoms with Crippen molar-refractivity contribution in [2.75, 3.05) is 33.2 Å². The fraction of sp³-hybridized carbons (Fsp3) is 0.611. The smallest absolute Gasteiger partial charge is 0.220 e. The van der Waals surface area contributed by atoms with Crippen LogP contribution in [0.25, 0.3) is 0 Å². The number of aromatic nitrogens is 3. The molecular weight excluding hydrogens is 521 g/mol. The van der Waals surface area contributed by atoms with Gasteiger partial charge in [0, 0.05) is 58.2 Å². The summed E-state index contributed by atoms with van der Waals surface area (Å²) >= 11 is 0. The summed E-state index contributed by atoms with van der Waals surface area (Å²) in [5.74, 6) is 2.09. The van der Waals surface area contributed by atoms with Crippen LogP contribution in [0.3, 0.4) is 0 Å². The summed E-state index contributed by atoms with van der Waals surface area (Å²) < 4.78 is 33.5. The Balaban J connectivity index is 0.00000320. The van der Waals surface area contributed by atoms with Crippen LogP contribution in [-0.4, -0.2) is 71.5 Å². The summed E-state index contributed by atoms with van der Waals surface area (Å²) in [4.78, 5) is 10.8. The molecular formula is C18H30IN7O3S. The molecule has 0 radical (unpaired) electrons. The van der Waals surface area contributed by atoms with Crippen LogP contribution in [-0.2, 0) is 28.9 Å². The van der Waals surface area contributed by atoms with Gasteiger partial charge in [-0.3, -0.25) is 4.99 Å². The molecule has 12 heteroatoms. The molecule has 0 amide bonds. The lowest BCUT2D eigenvalue weighted by Gasteiger charge is -2.35. The van der Waals surface area contributed by atoms with E-state index in [2.05, 4.69) is 43.8 Å². The minimum Gasteiger partial charge on any atom is -0.364 e. The van der Waals surface area contributed by atoms with Gasteiger partial charge in [-0.2, -0.15) is 4.31 Å². The molecule has 168 valence electrons. The number of sulfonamides is 1. The first-order valence-electron chi connectivity index (χ1n) is 9.71. The van der Waals surface area contributed by atoms with Gasteiger partial charge in [0.05, 0.1) is 12.2 Å². The van der Waals surface area contributed by atoms with Crippen LogP contribution in [0.1, 0.15) is 25.4 Å². The molecule has 1 fully saturated rings. The van der Waals surface area contributed by atoms with E-state index in [1.165, 1.54) is 10.6 Å². The number of piperazine rings is 1. The van der Waals surface area contributed by atoms with Gasteiger partial charge < -0.3 is 19.3 Å². The van der Waals surface area contributed by atoms with E-state index in [0.29, 0.717) is 44.3 Å². The van der Waals surface area contributed by atoms with Gasteiger partial charge in [0.25, 0.3) is 0 Å². The molecule has 0 spiro atoms. The predicted octanol–water partition coefficient (Wildman–Crippen LogP) is 1.37. The number of rotatable bonds is 7. The first kappa shape index (κ1) is 24.6. The molecule has 2 aromatic rings. The van der Waals surface area contributed by atoms with E-state index in [1.54, 1.807) is 19.3 Å². The summed E-state index contributed by atoms with van der Waals surface area (Å²) in [5.41, 5.74) is 0.418. The number of nitrogens with zero attached hydrogens (tertiary/aromatic N) is 6. The zero-order valence-electron chi connectivity index (χ0n) is 17.6. The molecule has 3 rings (SSSR count). The van der Waals surface area contributed by atoms with Crippen LogP contribution in [0, 0.1) is 5.92 Å². The highest BCUT2D eigenvalue weighted by atomic mass is 127. The standard InChI is InChI=1S/C18H29N7O3S.HI/c1-15(2)13-24-6-5-20-17(24)12-21-18(19-3)23-7-9-25(10-8-23)29(26,27)14-16-4-11-28-22-16;/h4-6,11,15H,7-10,12-14H2,1-3H3,(H,19,21);1H. The van der Waals surface area contributed by atoms with Crippen LogP contribution in [0.2, 0.25) is 0 Å². The minimum absolute atomic E-state index is 0. The van der Waals surface area contributed by atoms with E-state index in [4.69, 9.17) is 4.52 Å². The SMILES string of the molecule is CN=C(NCc1nccn1CC(C)C)N1CCN(S(=O)(=O)Cc2ccon2)CC1.I. The Morgan fingerprint density at radius 3 is 2.63 bits per heavy atom. The average Bonchev–Trinajstić information content (AvgIpc) is 3.34. The molecule has 0 atom stereocenters. The fourth-order valence-corrected chi connectivity index (χ4v) is 4.75. The number of halogens is 1. The lowest BCUT2D eigenvalue weighted by atomic mass is 10.2. The van der Waals surface area contributed by atoms with Gasteiger partial charge in [0.2, 0.25) is 10.0 Å². The van der Waals surface area contributed by atoms with Crippen molar-refractivity contribution in [2.45, 2.75) is 32.7 Å². The summed E-state index contributed by atoms with van der Waals surface area (Å²) in [6, 6.07) is 1.57. The summed E-state index contributed by atoms with van der Waals surface area (Å²) in [6.45, 7) is 7.77. The number of aliphatic imine (C=N–C) groups is 1. The van der Waals surface area contributed by atoms with Crippen LogP contribution < -0.4 is 5.32 Å². The topological polar surface area (TPSA) is 109 Å². The second-order valence-corrected chi connectivity index (χ2v) is 9.39. The third-order valence-corrected chi connectivity index (χ3v) is 6.55. The van der Waals surface area contributed by atoms with Crippen molar-refractivity contribution in [3.63, 3.8) is 0 Å². The molecule has 2 aromatic heterocycles. The molecule has 1 aliphatic heterocycles. The summed E-state index contributed by atoms with van der Waals surface area (Å²) in [5, 5.41) is 7.05. The average molecular weight is 551 g/mol. The van der Waals surface area contributed by atoms with Crippen molar-refractivity contribution in [1.82, 2.24) is 29.2 Å². The largest absolute Gasteiger partial charge is 0.364 e. The Bertz CT molecular complexity index is 904. The number of nitrogens with one attached hydrogen (secondary N) is 1. The van der Waals surface area contributed by atoms with Gasteiger partial charge in [-0.1, -0.05) is 19.0 Å². The molecule has 0 aliphatic carbocycles. The van der Waals surface area contributed by atoms with Crippen molar-refractivity contribution < 1.29 is 12.9 Å². The first-order chi connectivity index (χ1) is 13.9. The van der Waals surface area contributed by atoms with E-state index in [1.807, 2.05) is 6.20 Å². The Morgan fingerprint density at radius 1 is 1.30 bits per heavy atom. The molecule has 0 unspecified atom stereocenters. The van der Waals surface area contributed by atoms with E-state index in [0.717, 1.165) is 18.3 Å². The molecule has 1 N–H and O–H groups in total. The van der Waals surface area contributed by atoms with Crippen molar-refractivity contribution in [3.8, 4) is 0 Å². The number of hydrogen-bond acceptors (Lipinski definition) is 6. The van der Waals surface area contributed by atoms with Crippen LogP contribution in [0.15, 0.2) is 34.2 Å². The Morgan fingerprint density at radius 2 is 2.03 bits per heavy atom. The van der Waals surface area contributed by atoms with E-state index in [-0.39, 0.29) is 29.7 Å². The van der Waals surface area contributed by atoms with Crippen molar-refractivity contribution in [2.24, 2.45) is 10.9 Å². The number of hydrogen-bond donors (Lipinski definition) is 1. The molecule has 0 aromatic carbocycles. The van der Waals surface area contributed by atoms with Crippen LogP contribution in [0.5, 0.6) is 0 Å². The highest BCUT2D eigenvalue weighted by Gasteiger charge is 2.29. The zero-order valence-corrected chi connectivity index (χ0v) is 20.7. The minimum atomic E-state index is -3.42. The van der Waals surface area contributed by atoms with Gasteiger partial charge in [-0.05, 0) is 5.92 Å². The van der Waals surface area contributed by atoms with E-state index in [9.17, 15) is 8.42 Å². The van der Waals surface area contributed by atoms with Crippen molar-refractivity contribution >= 4 is 40.0 Å². The Labute approximate surface area is 194 Å². The van der Waals surface area contributed by atoms with Gasteiger partial charge in [0.15, 0.2) is 5.96 Å². The van der Waals surface area contributed by atoms with E-state index >= 15 is 0 Å². The predicted molar refractivity (Wildman–Crippen MR) is 125 cm³/mol. The summed E-state index contributed by atoms with van der Waals surface area (Å²) in [7, 11) is -1.68. The van der Waals surface area contributed by atoms with Gasteiger partial charge in [0.1, 0.15) is 17.8 Å². The molecule has 30 heavy (non-hydrogen) atoms. The van der Waals surface area contributed by atoms with E-state index < -0.39 is 10.0 Å². The lowest BCUT2D eigenvalue weighted by molar-refractivity contribution is 0.259. The number of guanidine groups is 1. The molecule has 3 heterocycles. The highest BCUT2D eigenvalue weighted by molar-refractivity contribution is 14.0. The van der Waals surface area contributed by atoms with Crippen LogP contribution >= 0.6 is 24.0 Å². The molecule has 0 bridgehead atoms. The third kappa shape index (κ3) is 6.41. The monoisotopic (exact) mass is 551 g/mol. The molecule has 1 aliphatic rings.